The fourth-order valence-electron chi connectivity index (χ4n) is 6.94. The fourth-order valence-corrected chi connectivity index (χ4v) is 6.94. The van der Waals surface area contributed by atoms with Gasteiger partial charge < -0.3 is 26.1 Å². The van der Waals surface area contributed by atoms with E-state index in [1.165, 1.54) is 12.0 Å². The molecule has 3 aliphatic carbocycles. The second-order valence-corrected chi connectivity index (χ2v) is 13.1. The van der Waals surface area contributed by atoms with Gasteiger partial charge in [-0.25, -0.2) is 0 Å². The van der Waals surface area contributed by atoms with Crippen LogP contribution in [0.2, 0.25) is 0 Å². The van der Waals surface area contributed by atoms with Crippen molar-refractivity contribution in [3.8, 4) is 5.75 Å². The van der Waals surface area contributed by atoms with Crippen molar-refractivity contribution in [2.45, 2.75) is 58.7 Å². The van der Waals surface area contributed by atoms with Gasteiger partial charge in [0.1, 0.15) is 12.9 Å². The number of nitrogens with two attached hydrogens (primary N) is 1. The number of hydrogen-bond donors (Lipinski definition) is 4. The number of hydrogen-bond acceptors (Lipinski definition) is 11. The van der Waals surface area contributed by atoms with E-state index < -0.39 is 64.4 Å². The number of amides is 1. The zero-order valence-electron chi connectivity index (χ0n) is 25.1. The van der Waals surface area contributed by atoms with Crippen LogP contribution in [-0.4, -0.2) is 89.3 Å². The van der Waals surface area contributed by atoms with Gasteiger partial charge in [0.05, 0.1) is 23.2 Å². The minimum absolute atomic E-state index is 0.0283. The smallest absolute Gasteiger partial charge is 0.235 e. The molecular weight excluding hydrogens is 544 g/mol. The van der Waals surface area contributed by atoms with Crippen molar-refractivity contribution in [3.05, 3.63) is 28.3 Å². The highest BCUT2D eigenvalue weighted by Crippen LogP contribution is 2.51. The summed E-state index contributed by atoms with van der Waals surface area (Å²) >= 11 is 0. The first-order chi connectivity index (χ1) is 19.5. The lowest BCUT2D eigenvalue weighted by atomic mass is 9.52. The third-order valence-electron chi connectivity index (χ3n) is 8.73. The zero-order chi connectivity index (χ0) is 31.5. The van der Waals surface area contributed by atoms with Gasteiger partial charge in [-0.2, -0.15) is 0 Å². The number of aromatic hydroxyl groups is 1. The fraction of sp³-hybridized carbons (Fsp3) is 0.600. The van der Waals surface area contributed by atoms with E-state index in [2.05, 4.69) is 10.5 Å². The van der Waals surface area contributed by atoms with E-state index in [1.807, 2.05) is 20.8 Å². The van der Waals surface area contributed by atoms with Crippen LogP contribution in [0.4, 0.5) is 0 Å². The Morgan fingerprint density at radius 1 is 1.21 bits per heavy atom. The Labute approximate surface area is 244 Å². The number of nitrogens with one attached hydrogen (secondary N) is 1. The first-order valence-electron chi connectivity index (χ1n) is 14.0. The molecule has 12 nitrogen and oxygen atoms in total. The van der Waals surface area contributed by atoms with E-state index in [1.54, 1.807) is 27.1 Å². The maximum absolute atomic E-state index is 14.2. The molecule has 0 saturated heterocycles. The van der Waals surface area contributed by atoms with Crippen molar-refractivity contribution in [1.29, 1.82) is 0 Å². The average molecular weight is 585 g/mol. The van der Waals surface area contributed by atoms with E-state index in [-0.39, 0.29) is 36.1 Å². The predicted molar refractivity (Wildman–Crippen MR) is 152 cm³/mol. The molecule has 1 amide bonds. The van der Waals surface area contributed by atoms with Crippen LogP contribution in [0.5, 0.6) is 5.75 Å². The quantitative estimate of drug-likeness (QED) is 0.198. The van der Waals surface area contributed by atoms with Gasteiger partial charge in [-0.3, -0.25) is 28.9 Å². The number of ketones is 4. The second kappa shape index (κ2) is 11.0. The molecule has 0 bridgehead atoms. The van der Waals surface area contributed by atoms with Crippen LogP contribution in [0.25, 0.3) is 0 Å². The molecule has 0 aromatic heterocycles. The van der Waals surface area contributed by atoms with Gasteiger partial charge in [-0.15, -0.1) is 0 Å². The van der Waals surface area contributed by atoms with Gasteiger partial charge in [0, 0.05) is 30.1 Å². The predicted octanol–water partition coefficient (Wildman–Crippen LogP) is 0.373. The average Bonchev–Trinajstić information content (AvgIpc) is 2.86. The second-order valence-electron chi connectivity index (χ2n) is 13.1. The monoisotopic (exact) mass is 584 g/mol. The highest BCUT2D eigenvalue weighted by atomic mass is 16.6. The maximum Gasteiger partial charge on any atom is 0.235 e. The van der Waals surface area contributed by atoms with Crippen molar-refractivity contribution in [3.63, 3.8) is 0 Å². The Kier molecular flexibility index (Phi) is 8.22. The third-order valence-corrected chi connectivity index (χ3v) is 8.73. The van der Waals surface area contributed by atoms with Crippen molar-refractivity contribution in [1.82, 2.24) is 10.2 Å². The molecule has 12 heteroatoms. The molecular formula is C30H40N4O8. The molecule has 42 heavy (non-hydrogen) atoms. The third kappa shape index (κ3) is 4.95. The molecule has 0 aliphatic heterocycles. The summed E-state index contributed by atoms with van der Waals surface area (Å²) in [5, 5.41) is 30.5. The summed E-state index contributed by atoms with van der Waals surface area (Å²) in [5.74, 6) is -10.8. The van der Waals surface area contributed by atoms with Crippen LogP contribution in [0.15, 0.2) is 11.2 Å². The number of nitrogens with zero attached hydrogens (tertiary/aromatic N) is 2. The lowest BCUT2D eigenvalue weighted by Gasteiger charge is -2.52. The van der Waals surface area contributed by atoms with Crippen molar-refractivity contribution in [2.75, 3.05) is 27.7 Å². The molecule has 1 aromatic rings. The van der Waals surface area contributed by atoms with Gasteiger partial charge in [0.25, 0.3) is 0 Å². The van der Waals surface area contributed by atoms with Crippen LogP contribution in [0, 0.1) is 29.1 Å². The van der Waals surface area contributed by atoms with Crippen molar-refractivity contribution < 1.29 is 39.0 Å². The molecule has 2 fully saturated rings. The number of primary amides is 1. The standard InChI is InChI=1S/C30H40N4O8/c1-13(33-42-7)16-9-15(11-32-12-29(2,3)4)23(35)20-17(16)8-14-10-18-22(34(5)6)25(37)21(28(31)40)27(39)30(18,41)26(38)19(14)24(20)36/h9,14,18-19,21-22,32,35,41H,8,10-12H2,1-7H3,(H2,31,40)/t14-,18-,19?,21?,22-,30-/m0/s1. The number of carbonyl (C=O) groups excluding carboxylic acids is 5. The Morgan fingerprint density at radius 2 is 1.86 bits per heavy atom. The summed E-state index contributed by atoms with van der Waals surface area (Å²) in [4.78, 5) is 73.6. The van der Waals surface area contributed by atoms with Crippen LogP contribution in [-0.2, 0) is 37.0 Å². The molecule has 0 spiro atoms. The van der Waals surface area contributed by atoms with Gasteiger partial charge in [0.15, 0.2) is 34.7 Å². The summed E-state index contributed by atoms with van der Waals surface area (Å²) in [6.07, 6.45) is 0.112. The van der Waals surface area contributed by atoms with Crippen molar-refractivity contribution >= 4 is 34.8 Å². The number of rotatable bonds is 7. The highest BCUT2D eigenvalue weighted by molar-refractivity contribution is 6.32. The summed E-state index contributed by atoms with van der Waals surface area (Å²) in [5.41, 5.74) is 4.39. The minimum atomic E-state index is -2.77. The summed E-state index contributed by atoms with van der Waals surface area (Å²) in [6, 6.07) is 0.580. The molecule has 2 unspecified atom stereocenters. The van der Waals surface area contributed by atoms with Crippen LogP contribution < -0.4 is 11.1 Å². The summed E-state index contributed by atoms with van der Waals surface area (Å²) in [7, 11) is 4.48. The first kappa shape index (κ1) is 31.5. The van der Waals surface area contributed by atoms with E-state index >= 15 is 0 Å². The molecule has 228 valence electrons. The largest absolute Gasteiger partial charge is 0.507 e. The molecule has 0 radical (unpaired) electrons. The SMILES string of the molecule is CON=C(C)c1cc(CNCC(C)(C)C)c(O)c2c1C[C@H]1C[C@H]3[C@H](N(C)C)C(=O)C(C(N)=O)C(=O)[C@@]3(O)C(=O)C1C2=O. The number of carbonyl (C=O) groups is 5. The van der Waals surface area contributed by atoms with Gasteiger partial charge in [-0.05, 0) is 56.8 Å². The number of oxime groups is 1. The van der Waals surface area contributed by atoms with Crippen molar-refractivity contribution in [2.24, 2.45) is 40.0 Å². The van der Waals surface area contributed by atoms with Crippen LogP contribution in [0.1, 0.15) is 61.2 Å². The molecule has 3 aliphatic rings. The van der Waals surface area contributed by atoms with Gasteiger partial charge >= 0.3 is 0 Å². The molecule has 2 saturated carbocycles. The van der Waals surface area contributed by atoms with E-state index in [0.29, 0.717) is 28.9 Å². The summed E-state index contributed by atoms with van der Waals surface area (Å²) in [6.45, 7) is 8.68. The van der Waals surface area contributed by atoms with Crippen LogP contribution in [0.3, 0.4) is 0 Å². The Morgan fingerprint density at radius 3 is 2.40 bits per heavy atom. The topological polar surface area (TPSA) is 189 Å². The number of Topliss-reactive ketones (excluding diaryl/α,β-unsaturated/α-hetero) is 4. The number of phenolic OH excluding ortho intramolecular Hbond substituents is 1. The lowest BCUT2D eigenvalue weighted by molar-refractivity contribution is -0.181. The molecule has 0 heterocycles. The molecule has 6 atom stereocenters. The molecule has 1 aromatic carbocycles. The van der Waals surface area contributed by atoms with Gasteiger partial charge in [0.2, 0.25) is 5.91 Å². The normalized spacial score (nSPS) is 29.7. The number of likely N-dealkylation sites (N-methyl/N-ethyl adjacent to an activating group) is 1. The van der Waals surface area contributed by atoms with E-state index in [4.69, 9.17) is 10.6 Å². The highest BCUT2D eigenvalue weighted by Gasteiger charge is 2.69. The summed E-state index contributed by atoms with van der Waals surface area (Å²) < 4.78 is 0. The first-order valence-corrected chi connectivity index (χ1v) is 14.0. The zero-order valence-corrected chi connectivity index (χ0v) is 25.1. The number of benzene rings is 1. The maximum atomic E-state index is 14.2. The molecule has 5 N–H and O–H groups in total. The van der Waals surface area contributed by atoms with Crippen LogP contribution >= 0.6 is 0 Å². The van der Waals surface area contributed by atoms with Gasteiger partial charge in [-0.1, -0.05) is 25.9 Å². The number of phenols is 1. The lowest BCUT2D eigenvalue weighted by Crippen LogP contribution is -2.74. The van der Waals surface area contributed by atoms with E-state index in [0.717, 1.165) is 0 Å². The number of fused-ring (bicyclic) bond motifs is 3. The Bertz CT molecular complexity index is 1390. The minimum Gasteiger partial charge on any atom is -0.507 e. The van der Waals surface area contributed by atoms with E-state index in [9.17, 15) is 34.2 Å². The Hall–Kier alpha value is -3.48. The molecule has 4 rings (SSSR count). The number of aliphatic hydroxyl groups is 1. The Balaban J connectivity index is 1.87.